The first kappa shape index (κ1) is 15.2. The van der Waals surface area contributed by atoms with Crippen LogP contribution in [0.4, 0.5) is 4.79 Å². The van der Waals surface area contributed by atoms with E-state index in [2.05, 4.69) is 24.1 Å². The molecule has 0 radical (unpaired) electrons. The lowest BCUT2D eigenvalue weighted by Crippen LogP contribution is -2.41. The number of amides is 2. The predicted molar refractivity (Wildman–Crippen MR) is 91.2 cm³/mol. The van der Waals surface area contributed by atoms with Crippen molar-refractivity contribution in [2.24, 2.45) is 17.3 Å². The lowest BCUT2D eigenvalue weighted by Gasteiger charge is -2.23. The number of carbonyl (C=O) groups excluding carboxylic acids is 1. The van der Waals surface area contributed by atoms with Gasteiger partial charge < -0.3 is 14.6 Å². The first-order valence-electron chi connectivity index (χ1n) is 8.53. The summed E-state index contributed by atoms with van der Waals surface area (Å²) < 4.78 is 5.81. The molecular weight excluding hydrogens is 302 g/mol. The molecule has 1 N–H and O–H groups in total. The number of carbonyl (C=O) groups is 1. The number of nitrogens with zero attached hydrogens (tertiary/aromatic N) is 2. The Morgan fingerprint density at radius 1 is 1.29 bits per heavy atom. The van der Waals surface area contributed by atoms with E-state index >= 15 is 0 Å². The zero-order valence-electron chi connectivity index (χ0n) is 14.3. The second kappa shape index (κ2) is 5.36. The van der Waals surface area contributed by atoms with Crippen LogP contribution in [0.2, 0.25) is 0 Å². The number of rotatable bonds is 3. The molecule has 126 valence electrons. The molecule has 1 aliphatic heterocycles. The monoisotopic (exact) mass is 325 g/mol. The van der Waals surface area contributed by atoms with Gasteiger partial charge in [-0.15, -0.1) is 0 Å². The molecule has 24 heavy (non-hydrogen) atoms. The van der Waals surface area contributed by atoms with Crippen LogP contribution in [0.1, 0.15) is 32.7 Å². The summed E-state index contributed by atoms with van der Waals surface area (Å²) in [5.41, 5.74) is 1.40. The van der Waals surface area contributed by atoms with Crippen LogP contribution < -0.4 is 5.32 Å². The minimum Gasteiger partial charge on any atom is -0.438 e. The Bertz CT molecular complexity index is 739. The van der Waals surface area contributed by atoms with Crippen LogP contribution in [0.3, 0.4) is 0 Å². The van der Waals surface area contributed by atoms with Gasteiger partial charge in [0.1, 0.15) is 6.04 Å². The maximum atomic E-state index is 12.4. The molecule has 1 aromatic carbocycles. The number of hydrogen-bond acceptors (Lipinski definition) is 3. The molecule has 1 saturated heterocycles. The van der Waals surface area contributed by atoms with Crippen molar-refractivity contribution in [1.82, 2.24) is 15.2 Å². The lowest BCUT2D eigenvalue weighted by molar-refractivity contribution is 0.191. The van der Waals surface area contributed by atoms with Crippen molar-refractivity contribution < 1.29 is 9.21 Å². The second-order valence-electron chi connectivity index (χ2n) is 7.54. The molecule has 5 heteroatoms. The average Bonchev–Trinajstić information content (AvgIpc) is 3.07. The van der Waals surface area contributed by atoms with Gasteiger partial charge in [-0.25, -0.2) is 9.78 Å². The lowest BCUT2D eigenvalue weighted by atomic mass is 10.1. The highest BCUT2D eigenvalue weighted by molar-refractivity contribution is 5.75. The summed E-state index contributed by atoms with van der Waals surface area (Å²) in [5, 5.41) is 3.00. The van der Waals surface area contributed by atoms with Crippen molar-refractivity contribution in [3.05, 3.63) is 42.4 Å². The van der Waals surface area contributed by atoms with Gasteiger partial charge in [-0.1, -0.05) is 44.2 Å². The summed E-state index contributed by atoms with van der Waals surface area (Å²) in [5.74, 6) is 2.57. The second-order valence-corrected chi connectivity index (χ2v) is 7.54. The van der Waals surface area contributed by atoms with Gasteiger partial charge in [-0.3, -0.25) is 0 Å². The highest BCUT2D eigenvalue weighted by atomic mass is 16.4. The van der Waals surface area contributed by atoms with Crippen LogP contribution in [0, 0.1) is 17.3 Å². The molecule has 5 nitrogen and oxygen atoms in total. The van der Waals surface area contributed by atoms with E-state index in [4.69, 9.17) is 4.42 Å². The van der Waals surface area contributed by atoms with Gasteiger partial charge in [-0.05, 0) is 24.2 Å². The predicted octanol–water partition coefficient (Wildman–Crippen LogP) is 3.70. The summed E-state index contributed by atoms with van der Waals surface area (Å²) in [4.78, 5) is 18.7. The molecule has 2 aliphatic rings. The van der Waals surface area contributed by atoms with E-state index in [1.54, 1.807) is 6.20 Å². The summed E-state index contributed by atoms with van der Waals surface area (Å²) >= 11 is 0. The number of aromatic nitrogens is 1. The first-order chi connectivity index (χ1) is 11.5. The highest BCUT2D eigenvalue weighted by Gasteiger charge is 2.62. The third-order valence-corrected chi connectivity index (χ3v) is 5.70. The van der Waals surface area contributed by atoms with Gasteiger partial charge in [0.25, 0.3) is 0 Å². The Balaban J connectivity index is 1.38. The third kappa shape index (κ3) is 2.48. The van der Waals surface area contributed by atoms with E-state index in [1.807, 2.05) is 42.2 Å². The van der Waals surface area contributed by atoms with E-state index < -0.39 is 0 Å². The van der Waals surface area contributed by atoms with Gasteiger partial charge in [0.05, 0.1) is 6.20 Å². The van der Waals surface area contributed by atoms with Gasteiger partial charge in [0.2, 0.25) is 5.89 Å². The minimum absolute atomic E-state index is 0.0232. The fraction of sp³-hybridized carbons (Fsp3) is 0.474. The Morgan fingerprint density at radius 3 is 2.62 bits per heavy atom. The van der Waals surface area contributed by atoms with Crippen molar-refractivity contribution in [1.29, 1.82) is 0 Å². The number of likely N-dealkylation sites (tertiary alicyclic amines) is 1. The van der Waals surface area contributed by atoms with E-state index in [0.717, 1.165) is 24.4 Å². The Hall–Kier alpha value is -2.30. The molecular formula is C19H23N3O2. The maximum absolute atomic E-state index is 12.4. The van der Waals surface area contributed by atoms with E-state index in [1.165, 1.54) is 0 Å². The van der Waals surface area contributed by atoms with Gasteiger partial charge in [0, 0.05) is 18.7 Å². The molecule has 2 amide bonds. The largest absolute Gasteiger partial charge is 0.438 e. The summed E-state index contributed by atoms with van der Waals surface area (Å²) in [6.45, 7) is 8.20. The number of piperidine rings is 1. The number of hydrogen-bond donors (Lipinski definition) is 1. The molecule has 1 aliphatic carbocycles. The maximum Gasteiger partial charge on any atom is 0.318 e. The molecule has 4 rings (SSSR count). The average molecular weight is 325 g/mol. The quantitative estimate of drug-likeness (QED) is 0.936. The van der Waals surface area contributed by atoms with E-state index in [-0.39, 0.29) is 12.1 Å². The van der Waals surface area contributed by atoms with Crippen LogP contribution in [0.25, 0.3) is 11.3 Å². The van der Waals surface area contributed by atoms with Crippen LogP contribution in [0.5, 0.6) is 0 Å². The summed E-state index contributed by atoms with van der Waals surface area (Å²) in [7, 11) is 0. The van der Waals surface area contributed by atoms with Crippen molar-refractivity contribution in [2.75, 3.05) is 13.1 Å². The topological polar surface area (TPSA) is 58.4 Å². The summed E-state index contributed by atoms with van der Waals surface area (Å²) in [6.07, 6.45) is 1.71. The van der Waals surface area contributed by atoms with Crippen molar-refractivity contribution in [3.63, 3.8) is 0 Å². The van der Waals surface area contributed by atoms with Crippen molar-refractivity contribution in [3.8, 4) is 11.3 Å². The van der Waals surface area contributed by atoms with Crippen LogP contribution in [-0.2, 0) is 0 Å². The van der Waals surface area contributed by atoms with E-state index in [9.17, 15) is 4.79 Å². The van der Waals surface area contributed by atoms with Crippen molar-refractivity contribution in [2.45, 2.75) is 26.8 Å². The fourth-order valence-electron chi connectivity index (χ4n) is 3.86. The van der Waals surface area contributed by atoms with Gasteiger partial charge in [0.15, 0.2) is 5.76 Å². The molecule has 2 fully saturated rings. The Labute approximate surface area is 142 Å². The normalized spacial score (nSPS) is 25.2. The van der Waals surface area contributed by atoms with Crippen LogP contribution in [-0.4, -0.2) is 29.0 Å². The van der Waals surface area contributed by atoms with E-state index in [0.29, 0.717) is 23.1 Å². The summed E-state index contributed by atoms with van der Waals surface area (Å²) in [6, 6.07) is 9.57. The number of benzene rings is 1. The van der Waals surface area contributed by atoms with Crippen molar-refractivity contribution >= 4 is 6.03 Å². The molecule has 3 unspecified atom stereocenters. The number of fused-ring (bicyclic) bond motifs is 1. The van der Waals surface area contributed by atoms with Crippen LogP contribution >= 0.6 is 0 Å². The zero-order chi connectivity index (χ0) is 16.9. The smallest absolute Gasteiger partial charge is 0.318 e. The fourth-order valence-corrected chi connectivity index (χ4v) is 3.86. The molecule has 2 heterocycles. The molecule has 1 aromatic heterocycles. The standard InChI is InChI=1S/C19H23N3O2/c1-12(17-20-9-16(24-17)13-7-5-4-6-8-13)21-18(23)22-10-14-15(11-22)19(14,2)3/h4-9,12,14-15H,10-11H2,1-3H3,(H,21,23). The zero-order valence-corrected chi connectivity index (χ0v) is 14.3. The molecule has 3 atom stereocenters. The molecule has 0 bridgehead atoms. The number of nitrogens with one attached hydrogen (secondary N) is 1. The highest BCUT2D eigenvalue weighted by Crippen LogP contribution is 2.61. The number of urea groups is 1. The molecule has 1 saturated carbocycles. The SMILES string of the molecule is CC(NC(=O)N1CC2C(C1)C2(C)C)c1ncc(-c2ccccc2)o1. The molecule has 0 spiro atoms. The Kier molecular flexibility index (Phi) is 3.41. The third-order valence-electron chi connectivity index (χ3n) is 5.70. The van der Waals surface area contributed by atoms with Crippen LogP contribution in [0.15, 0.2) is 40.9 Å². The van der Waals surface area contributed by atoms with Gasteiger partial charge >= 0.3 is 6.03 Å². The number of oxazole rings is 1. The van der Waals surface area contributed by atoms with Gasteiger partial charge in [-0.2, -0.15) is 0 Å². The Morgan fingerprint density at radius 2 is 1.96 bits per heavy atom. The molecule has 2 aromatic rings. The minimum atomic E-state index is -0.250. The first-order valence-corrected chi connectivity index (χ1v) is 8.53.